The molecule has 0 atom stereocenters. The molecule has 0 unspecified atom stereocenters. The van der Waals surface area contributed by atoms with Crippen molar-refractivity contribution in [1.82, 2.24) is 0 Å². The summed E-state index contributed by atoms with van der Waals surface area (Å²) in [5.74, 6) is -0.190. The van der Waals surface area contributed by atoms with Gasteiger partial charge in [-0.1, -0.05) is 33.6 Å². The minimum absolute atomic E-state index is 0.190. The molecule has 0 heterocycles. The fraction of sp³-hybridized carbons (Fsp3) is 0. The van der Waals surface area contributed by atoms with Gasteiger partial charge in [-0.15, -0.1) is 0 Å². The third kappa shape index (κ3) is 3.81. The van der Waals surface area contributed by atoms with Crippen LogP contribution in [0.1, 0.15) is 10.4 Å². The lowest BCUT2D eigenvalue weighted by molar-refractivity contribution is 0.102. The van der Waals surface area contributed by atoms with Crippen molar-refractivity contribution < 1.29 is 4.79 Å². The fourth-order valence-corrected chi connectivity index (χ4v) is 3.74. The van der Waals surface area contributed by atoms with Gasteiger partial charge in [0.25, 0.3) is 5.91 Å². The molecule has 2 aromatic rings. The monoisotopic (exact) mass is 465 g/mol. The second kappa shape index (κ2) is 6.39. The summed E-state index contributed by atoms with van der Waals surface area (Å²) in [5, 5.41) is 3.42. The van der Waals surface area contributed by atoms with Crippen LogP contribution in [0, 0.1) is 0 Å². The summed E-state index contributed by atoms with van der Waals surface area (Å²) >= 11 is 16.0. The molecule has 6 heteroatoms. The molecule has 0 fully saturated rings. The average molecular weight is 468 g/mol. The predicted molar refractivity (Wildman–Crippen MR) is 88.9 cm³/mol. The first-order valence-electron chi connectivity index (χ1n) is 5.19. The van der Waals surface area contributed by atoms with E-state index in [4.69, 9.17) is 11.6 Å². The van der Waals surface area contributed by atoms with Gasteiger partial charge in [-0.25, -0.2) is 0 Å². The highest BCUT2D eigenvalue weighted by atomic mass is 79.9. The predicted octanol–water partition coefficient (Wildman–Crippen LogP) is 5.88. The van der Waals surface area contributed by atoms with Gasteiger partial charge in [-0.2, -0.15) is 0 Å². The molecule has 0 aliphatic carbocycles. The highest BCUT2D eigenvalue weighted by molar-refractivity contribution is 9.11. The van der Waals surface area contributed by atoms with Crippen molar-refractivity contribution in [2.75, 3.05) is 5.32 Å². The molecule has 0 saturated heterocycles. The largest absolute Gasteiger partial charge is 0.320 e. The molecular weight excluding hydrogens is 461 g/mol. The standard InChI is InChI=1S/C13H7Br3ClNO/c14-8-3-1-2-7(4-8)13(19)18-12-10(15)5-9(17)6-11(12)16/h1-6H,(H,18,19). The van der Waals surface area contributed by atoms with E-state index in [1.54, 1.807) is 24.3 Å². The molecule has 98 valence electrons. The van der Waals surface area contributed by atoms with Crippen molar-refractivity contribution >= 4 is 71.0 Å². The Hall–Kier alpha value is -0.360. The van der Waals surface area contributed by atoms with Gasteiger partial charge in [-0.05, 0) is 62.2 Å². The smallest absolute Gasteiger partial charge is 0.255 e. The highest BCUT2D eigenvalue weighted by Gasteiger charge is 2.12. The van der Waals surface area contributed by atoms with E-state index in [9.17, 15) is 4.79 Å². The first kappa shape index (κ1) is 15.0. The summed E-state index contributed by atoms with van der Waals surface area (Å²) in [7, 11) is 0. The van der Waals surface area contributed by atoms with Crippen molar-refractivity contribution in [3.63, 3.8) is 0 Å². The molecule has 2 rings (SSSR count). The Labute approximate surface area is 140 Å². The van der Waals surface area contributed by atoms with E-state index < -0.39 is 0 Å². The number of hydrogen-bond donors (Lipinski definition) is 1. The summed E-state index contributed by atoms with van der Waals surface area (Å²) in [5.41, 5.74) is 1.22. The minimum atomic E-state index is -0.190. The van der Waals surface area contributed by atoms with Crippen molar-refractivity contribution in [3.05, 3.63) is 60.4 Å². The van der Waals surface area contributed by atoms with Crippen LogP contribution in [-0.2, 0) is 0 Å². The zero-order valence-electron chi connectivity index (χ0n) is 9.38. The lowest BCUT2D eigenvalue weighted by Crippen LogP contribution is -2.12. The maximum atomic E-state index is 12.1. The lowest BCUT2D eigenvalue weighted by atomic mass is 10.2. The summed E-state index contributed by atoms with van der Waals surface area (Å²) in [4.78, 5) is 12.1. The third-order valence-corrected chi connectivity index (χ3v) is 4.29. The number of carbonyl (C=O) groups is 1. The Morgan fingerprint density at radius 2 is 1.68 bits per heavy atom. The number of anilines is 1. The number of rotatable bonds is 2. The number of amides is 1. The molecule has 0 aromatic heterocycles. The Morgan fingerprint density at radius 1 is 1.05 bits per heavy atom. The van der Waals surface area contributed by atoms with Crippen molar-refractivity contribution in [3.8, 4) is 0 Å². The molecule has 19 heavy (non-hydrogen) atoms. The molecule has 0 spiro atoms. The number of halogens is 4. The van der Waals surface area contributed by atoms with Crippen LogP contribution in [0.15, 0.2) is 49.8 Å². The van der Waals surface area contributed by atoms with Gasteiger partial charge in [0.2, 0.25) is 0 Å². The van der Waals surface area contributed by atoms with Gasteiger partial charge in [0, 0.05) is 24.0 Å². The van der Waals surface area contributed by atoms with Crippen molar-refractivity contribution in [2.24, 2.45) is 0 Å². The van der Waals surface area contributed by atoms with Crippen LogP contribution in [0.2, 0.25) is 5.02 Å². The maximum absolute atomic E-state index is 12.1. The summed E-state index contributed by atoms with van der Waals surface area (Å²) in [6, 6.07) is 10.6. The van der Waals surface area contributed by atoms with E-state index in [1.807, 2.05) is 12.1 Å². The maximum Gasteiger partial charge on any atom is 0.255 e. The second-order valence-corrected chi connectivity index (χ2v) is 6.77. The zero-order chi connectivity index (χ0) is 14.0. The molecule has 0 bridgehead atoms. The number of nitrogens with one attached hydrogen (secondary N) is 1. The van der Waals surface area contributed by atoms with E-state index in [2.05, 4.69) is 53.1 Å². The van der Waals surface area contributed by atoms with Crippen molar-refractivity contribution in [2.45, 2.75) is 0 Å². The SMILES string of the molecule is O=C(Nc1c(Br)cc(Cl)cc1Br)c1cccc(Br)c1. The topological polar surface area (TPSA) is 29.1 Å². The second-order valence-electron chi connectivity index (χ2n) is 3.71. The third-order valence-electron chi connectivity index (χ3n) is 2.33. The highest BCUT2D eigenvalue weighted by Crippen LogP contribution is 2.34. The molecule has 1 amide bonds. The first-order valence-corrected chi connectivity index (χ1v) is 7.94. The van der Waals surface area contributed by atoms with Gasteiger partial charge >= 0.3 is 0 Å². The summed E-state index contributed by atoms with van der Waals surface area (Å²) < 4.78 is 2.29. The molecule has 2 aromatic carbocycles. The van der Waals surface area contributed by atoms with Crippen LogP contribution in [0.5, 0.6) is 0 Å². The number of hydrogen-bond acceptors (Lipinski definition) is 1. The van der Waals surface area contributed by atoms with E-state index >= 15 is 0 Å². The molecule has 0 aliphatic rings. The van der Waals surface area contributed by atoms with Gasteiger partial charge in [-0.3, -0.25) is 4.79 Å². The molecular formula is C13H7Br3ClNO. The van der Waals surface area contributed by atoms with Gasteiger partial charge in [0.1, 0.15) is 0 Å². The molecule has 0 saturated carbocycles. The fourth-order valence-electron chi connectivity index (χ4n) is 1.48. The number of carbonyl (C=O) groups excluding carboxylic acids is 1. The first-order chi connectivity index (χ1) is 8.97. The van der Waals surface area contributed by atoms with Crippen LogP contribution in [0.3, 0.4) is 0 Å². The quantitative estimate of drug-likeness (QED) is 0.586. The molecule has 1 N–H and O–H groups in total. The zero-order valence-corrected chi connectivity index (χ0v) is 14.9. The van der Waals surface area contributed by atoms with Crippen LogP contribution >= 0.6 is 59.4 Å². The summed E-state index contributed by atoms with van der Waals surface area (Å²) in [6.45, 7) is 0. The Kier molecular flexibility index (Phi) is 5.06. The molecule has 0 radical (unpaired) electrons. The van der Waals surface area contributed by atoms with E-state index in [0.29, 0.717) is 16.3 Å². The van der Waals surface area contributed by atoms with Gasteiger partial charge in [0.15, 0.2) is 0 Å². The van der Waals surface area contributed by atoms with Crippen LogP contribution in [0.4, 0.5) is 5.69 Å². The van der Waals surface area contributed by atoms with Crippen molar-refractivity contribution in [1.29, 1.82) is 0 Å². The van der Waals surface area contributed by atoms with Crippen LogP contribution in [0.25, 0.3) is 0 Å². The normalized spacial score (nSPS) is 10.3. The van der Waals surface area contributed by atoms with Crippen LogP contribution in [-0.4, -0.2) is 5.91 Å². The Morgan fingerprint density at radius 3 is 2.26 bits per heavy atom. The van der Waals surface area contributed by atoms with E-state index in [1.165, 1.54) is 0 Å². The van der Waals surface area contributed by atoms with Gasteiger partial charge in [0.05, 0.1) is 5.69 Å². The molecule has 0 aliphatic heterocycles. The van der Waals surface area contributed by atoms with E-state index in [0.717, 1.165) is 13.4 Å². The van der Waals surface area contributed by atoms with E-state index in [-0.39, 0.29) is 5.91 Å². The minimum Gasteiger partial charge on any atom is -0.320 e. The Balaban J connectivity index is 2.29. The van der Waals surface area contributed by atoms with Gasteiger partial charge < -0.3 is 5.32 Å². The number of benzene rings is 2. The molecule has 2 nitrogen and oxygen atoms in total. The lowest BCUT2D eigenvalue weighted by Gasteiger charge is -2.10. The Bertz CT molecular complexity index is 623. The van der Waals surface area contributed by atoms with Crippen LogP contribution < -0.4 is 5.32 Å². The average Bonchev–Trinajstić information content (AvgIpc) is 2.33. The summed E-state index contributed by atoms with van der Waals surface area (Å²) in [6.07, 6.45) is 0.